The summed E-state index contributed by atoms with van der Waals surface area (Å²) in [4.78, 5) is 33.3. The van der Waals surface area contributed by atoms with Crippen molar-refractivity contribution in [3.05, 3.63) is 47.8 Å². The van der Waals surface area contributed by atoms with Crippen LogP contribution in [0.1, 0.15) is 98.8 Å². The molecule has 182 valence electrons. The molecule has 0 spiro atoms. The van der Waals surface area contributed by atoms with E-state index in [1.54, 1.807) is 36.7 Å². The summed E-state index contributed by atoms with van der Waals surface area (Å²) < 4.78 is 10.8. The van der Waals surface area contributed by atoms with Crippen LogP contribution in [0.4, 0.5) is 0 Å². The number of pyridine rings is 2. The van der Waals surface area contributed by atoms with Crippen molar-refractivity contribution in [2.24, 2.45) is 0 Å². The molecule has 0 aromatic carbocycles. The second-order valence-electron chi connectivity index (χ2n) is 7.96. The first-order valence-electron chi connectivity index (χ1n) is 11.9. The van der Waals surface area contributed by atoms with Gasteiger partial charge in [-0.1, -0.05) is 65.2 Å². The van der Waals surface area contributed by atoms with Gasteiger partial charge in [-0.3, -0.25) is 9.97 Å². The van der Waals surface area contributed by atoms with Gasteiger partial charge in [-0.2, -0.15) is 0 Å². The number of rotatable bonds is 15. The molecule has 2 rings (SSSR count). The van der Waals surface area contributed by atoms with Crippen LogP contribution in [0.15, 0.2) is 36.7 Å². The van der Waals surface area contributed by atoms with E-state index in [9.17, 15) is 9.59 Å². The average Bonchev–Trinajstić information content (AvgIpc) is 2.83. The molecule has 2 heterocycles. The van der Waals surface area contributed by atoms with Gasteiger partial charge in [0.1, 0.15) is 0 Å². The van der Waals surface area contributed by atoms with Gasteiger partial charge >= 0.3 is 11.9 Å². The van der Waals surface area contributed by atoms with Crippen molar-refractivity contribution in [2.75, 3.05) is 13.2 Å². The molecular formula is C26H36N2O4Ru. The Bertz CT molecular complexity index is 775. The van der Waals surface area contributed by atoms with Gasteiger partial charge in [0.05, 0.1) is 35.7 Å². The van der Waals surface area contributed by atoms with Gasteiger partial charge in [0.15, 0.2) is 0 Å². The van der Waals surface area contributed by atoms with Crippen LogP contribution < -0.4 is 0 Å². The molecule has 6 nitrogen and oxygen atoms in total. The molecule has 33 heavy (non-hydrogen) atoms. The van der Waals surface area contributed by atoms with Gasteiger partial charge in [0.25, 0.3) is 0 Å². The third-order valence-corrected chi connectivity index (χ3v) is 5.22. The summed E-state index contributed by atoms with van der Waals surface area (Å²) in [5.74, 6) is -0.745. The predicted octanol–water partition coefficient (Wildman–Crippen LogP) is 6.40. The minimum atomic E-state index is -0.372. The van der Waals surface area contributed by atoms with Gasteiger partial charge in [0, 0.05) is 31.9 Å². The molecule has 0 aliphatic heterocycles. The Balaban J connectivity index is 0.00000544. The molecular weight excluding hydrogens is 505 g/mol. The summed E-state index contributed by atoms with van der Waals surface area (Å²) in [5.41, 5.74) is 1.86. The Morgan fingerprint density at radius 1 is 0.667 bits per heavy atom. The smallest absolute Gasteiger partial charge is 0.338 e. The molecule has 0 unspecified atom stereocenters. The van der Waals surface area contributed by atoms with Crippen LogP contribution in [0.2, 0.25) is 0 Å². The monoisotopic (exact) mass is 542 g/mol. The number of aromatic nitrogens is 2. The molecule has 2 aromatic rings. The number of nitrogens with zero attached hydrogens (tertiary/aromatic N) is 2. The van der Waals surface area contributed by atoms with E-state index in [4.69, 9.17) is 9.47 Å². The van der Waals surface area contributed by atoms with Crippen LogP contribution in [0.5, 0.6) is 0 Å². The maximum Gasteiger partial charge on any atom is 0.338 e. The number of carbonyl (C=O) groups excluding carboxylic acids is 2. The van der Waals surface area contributed by atoms with Crippen LogP contribution in [-0.4, -0.2) is 35.1 Å². The van der Waals surface area contributed by atoms with Crippen molar-refractivity contribution in [2.45, 2.75) is 78.1 Å². The molecule has 0 N–H and O–H groups in total. The molecule has 0 atom stereocenters. The second kappa shape index (κ2) is 17.4. The minimum absolute atomic E-state index is 0. The molecule has 0 fully saturated rings. The zero-order valence-electron chi connectivity index (χ0n) is 19.8. The molecule has 0 aliphatic rings. The summed E-state index contributed by atoms with van der Waals surface area (Å²) in [5, 5.41) is 0. The van der Waals surface area contributed by atoms with Gasteiger partial charge < -0.3 is 9.47 Å². The Kier molecular flexibility index (Phi) is 15.2. The molecule has 0 bridgehead atoms. The maximum atomic E-state index is 12.4. The van der Waals surface area contributed by atoms with Crippen molar-refractivity contribution >= 4 is 11.9 Å². The Hall–Kier alpha value is -2.14. The van der Waals surface area contributed by atoms with E-state index >= 15 is 0 Å². The maximum absolute atomic E-state index is 12.4. The van der Waals surface area contributed by atoms with E-state index in [2.05, 4.69) is 23.8 Å². The van der Waals surface area contributed by atoms with Crippen LogP contribution >= 0.6 is 0 Å². The largest absolute Gasteiger partial charge is 0.462 e. The standard InChI is InChI=1S/C26H36N2O4.Ru/c1-3-5-7-9-11-17-31-25(29)21-13-15-27-23(19-21)24-20-22(14-16-28-24)26(30)32-18-12-10-8-6-4-2;/h13-16,19-20H,3-12,17-18H2,1-2H3;. The summed E-state index contributed by atoms with van der Waals surface area (Å²) >= 11 is 0. The molecule has 0 amide bonds. The van der Waals surface area contributed by atoms with Gasteiger partial charge in [-0.05, 0) is 37.1 Å². The minimum Gasteiger partial charge on any atom is -0.462 e. The number of hydrogen-bond acceptors (Lipinski definition) is 6. The van der Waals surface area contributed by atoms with E-state index < -0.39 is 0 Å². The predicted molar refractivity (Wildman–Crippen MR) is 126 cm³/mol. The van der Waals surface area contributed by atoms with Crippen molar-refractivity contribution in [1.29, 1.82) is 0 Å². The number of carbonyl (C=O) groups is 2. The van der Waals surface area contributed by atoms with Crippen molar-refractivity contribution in [3.8, 4) is 11.4 Å². The second-order valence-corrected chi connectivity index (χ2v) is 7.96. The van der Waals surface area contributed by atoms with E-state index in [1.165, 1.54) is 25.7 Å². The normalized spacial score (nSPS) is 10.4. The quantitative estimate of drug-likeness (QED) is 0.148. The number of ether oxygens (including phenoxy) is 2. The molecule has 0 saturated carbocycles. The van der Waals surface area contributed by atoms with Crippen molar-refractivity contribution < 1.29 is 38.5 Å². The van der Waals surface area contributed by atoms with Crippen molar-refractivity contribution in [1.82, 2.24) is 9.97 Å². The average molecular weight is 542 g/mol. The first-order chi connectivity index (χ1) is 15.7. The fourth-order valence-electron chi connectivity index (χ4n) is 3.30. The van der Waals surface area contributed by atoms with Gasteiger partial charge in [-0.25, -0.2) is 9.59 Å². The van der Waals surface area contributed by atoms with Crippen molar-refractivity contribution in [3.63, 3.8) is 0 Å². The van der Waals surface area contributed by atoms with Crippen LogP contribution in [-0.2, 0) is 29.0 Å². The SMILES string of the molecule is CCCCCCCOC(=O)c1ccnc(-c2cc(C(=O)OCCCCCCC)ccn2)c1.[Ru]. The van der Waals surface area contributed by atoms with Crippen LogP contribution in [0.3, 0.4) is 0 Å². The third-order valence-electron chi connectivity index (χ3n) is 5.22. The molecule has 0 aliphatic carbocycles. The fourth-order valence-corrected chi connectivity index (χ4v) is 3.30. The molecule has 7 heteroatoms. The Labute approximate surface area is 210 Å². The Morgan fingerprint density at radius 2 is 1.06 bits per heavy atom. The zero-order chi connectivity index (χ0) is 23.0. The first-order valence-corrected chi connectivity index (χ1v) is 11.9. The van der Waals surface area contributed by atoms with Crippen LogP contribution in [0.25, 0.3) is 11.4 Å². The van der Waals surface area contributed by atoms with Gasteiger partial charge in [-0.15, -0.1) is 0 Å². The molecule has 2 aromatic heterocycles. The summed E-state index contributed by atoms with van der Waals surface area (Å²) in [6.07, 6.45) is 14.1. The van der Waals surface area contributed by atoms with E-state index in [-0.39, 0.29) is 31.4 Å². The molecule has 0 radical (unpaired) electrons. The summed E-state index contributed by atoms with van der Waals surface area (Å²) in [6.45, 7) is 5.17. The van der Waals surface area contributed by atoms with E-state index in [1.807, 2.05) is 0 Å². The first kappa shape index (κ1) is 28.9. The number of unbranched alkanes of at least 4 members (excludes halogenated alkanes) is 8. The summed E-state index contributed by atoms with van der Waals surface area (Å²) in [6, 6.07) is 6.54. The zero-order valence-corrected chi connectivity index (χ0v) is 21.6. The van der Waals surface area contributed by atoms with Crippen LogP contribution in [0, 0.1) is 0 Å². The topological polar surface area (TPSA) is 78.4 Å². The Morgan fingerprint density at radius 3 is 1.45 bits per heavy atom. The molecule has 0 saturated heterocycles. The van der Waals surface area contributed by atoms with E-state index in [0.29, 0.717) is 35.7 Å². The summed E-state index contributed by atoms with van der Waals surface area (Å²) in [7, 11) is 0. The number of hydrogen-bond donors (Lipinski definition) is 0. The van der Waals surface area contributed by atoms with Gasteiger partial charge in [0.2, 0.25) is 0 Å². The fraction of sp³-hybridized carbons (Fsp3) is 0.538. The third kappa shape index (κ3) is 11.0. The number of esters is 2. The van der Waals surface area contributed by atoms with E-state index in [0.717, 1.165) is 38.5 Å².